The molecule has 0 atom stereocenters. The van der Waals surface area contributed by atoms with E-state index in [0.29, 0.717) is 5.41 Å². The van der Waals surface area contributed by atoms with Gasteiger partial charge in [0.25, 0.3) is 0 Å². The van der Waals surface area contributed by atoms with E-state index in [9.17, 15) is 0 Å². The maximum absolute atomic E-state index is 3.74. The fourth-order valence-electron chi connectivity index (χ4n) is 3.38. The van der Waals surface area contributed by atoms with E-state index in [1.165, 1.54) is 51.7 Å². The van der Waals surface area contributed by atoms with Crippen molar-refractivity contribution in [1.82, 2.24) is 10.6 Å². The lowest BCUT2D eigenvalue weighted by Gasteiger charge is -2.34. The van der Waals surface area contributed by atoms with Crippen molar-refractivity contribution in [3.8, 4) is 0 Å². The summed E-state index contributed by atoms with van der Waals surface area (Å²) in [7, 11) is 0. The van der Waals surface area contributed by atoms with E-state index in [1.54, 1.807) is 0 Å². The molecule has 2 N–H and O–H groups in total. The third-order valence-electron chi connectivity index (χ3n) is 3.82. The Kier molecular flexibility index (Phi) is 6.13. The maximum atomic E-state index is 3.74. The van der Waals surface area contributed by atoms with Crippen LogP contribution in [0.15, 0.2) is 0 Å². The Hall–Kier alpha value is -0.0800. The topological polar surface area (TPSA) is 24.1 Å². The van der Waals surface area contributed by atoms with Crippen molar-refractivity contribution in [3.63, 3.8) is 0 Å². The molecule has 0 radical (unpaired) electrons. The molecule has 1 fully saturated rings. The summed E-state index contributed by atoms with van der Waals surface area (Å²) in [5.41, 5.74) is 0.678. The number of hydrogen-bond acceptors (Lipinski definition) is 2. The highest BCUT2D eigenvalue weighted by atomic mass is 14.9. The van der Waals surface area contributed by atoms with Gasteiger partial charge < -0.3 is 10.6 Å². The summed E-state index contributed by atoms with van der Waals surface area (Å²) < 4.78 is 0. The third-order valence-corrected chi connectivity index (χ3v) is 3.82. The molecule has 0 aromatic carbocycles. The second-order valence-corrected chi connectivity index (χ2v) is 7.88. The van der Waals surface area contributed by atoms with E-state index in [-0.39, 0.29) is 5.54 Å². The van der Waals surface area contributed by atoms with Crippen LogP contribution < -0.4 is 10.6 Å². The number of nitrogens with one attached hydrogen (secondary N) is 2. The van der Waals surface area contributed by atoms with Crippen LogP contribution in [0.4, 0.5) is 0 Å². The van der Waals surface area contributed by atoms with Crippen LogP contribution in [0.2, 0.25) is 0 Å². The zero-order chi connectivity index (χ0) is 13.6. The van der Waals surface area contributed by atoms with Crippen LogP contribution in [0.3, 0.4) is 0 Å². The quantitative estimate of drug-likeness (QED) is 0.708. The maximum Gasteiger partial charge on any atom is 0.0130 e. The van der Waals surface area contributed by atoms with Crippen molar-refractivity contribution in [2.45, 2.75) is 72.3 Å². The smallest absolute Gasteiger partial charge is 0.0130 e. The van der Waals surface area contributed by atoms with Crippen LogP contribution in [-0.4, -0.2) is 25.2 Å². The van der Waals surface area contributed by atoms with Crippen molar-refractivity contribution in [3.05, 3.63) is 0 Å². The first-order chi connectivity index (χ1) is 8.29. The van der Waals surface area contributed by atoms with Gasteiger partial charge in [0.15, 0.2) is 0 Å². The minimum absolute atomic E-state index is 0.270. The molecular formula is C16H34N2. The number of hydrogen-bond donors (Lipinski definition) is 2. The predicted molar refractivity (Wildman–Crippen MR) is 81.0 cm³/mol. The second-order valence-electron chi connectivity index (χ2n) is 7.88. The zero-order valence-electron chi connectivity index (χ0n) is 13.2. The summed E-state index contributed by atoms with van der Waals surface area (Å²) in [6.45, 7) is 15.3. The summed E-state index contributed by atoms with van der Waals surface area (Å²) in [5, 5.41) is 7.18. The number of rotatable bonds is 6. The fourth-order valence-corrected chi connectivity index (χ4v) is 3.38. The molecule has 0 aromatic heterocycles. The Morgan fingerprint density at radius 1 is 1.06 bits per heavy atom. The van der Waals surface area contributed by atoms with Gasteiger partial charge in [-0.15, -0.1) is 0 Å². The molecule has 1 heterocycles. The highest BCUT2D eigenvalue weighted by Crippen LogP contribution is 2.26. The van der Waals surface area contributed by atoms with Crippen LogP contribution in [0.1, 0.15) is 66.7 Å². The molecule has 0 saturated carbocycles. The zero-order valence-corrected chi connectivity index (χ0v) is 13.2. The summed E-state index contributed by atoms with van der Waals surface area (Å²) in [6.07, 6.45) is 6.72. The SMILES string of the molecule is CC(C)(C)CC(C)(C)NCCCC1CCNCC1. The van der Waals surface area contributed by atoms with Crippen LogP contribution in [0.25, 0.3) is 0 Å². The lowest BCUT2D eigenvalue weighted by molar-refractivity contribution is 0.238. The van der Waals surface area contributed by atoms with E-state index in [1.807, 2.05) is 0 Å². The molecule has 0 unspecified atom stereocenters. The molecule has 18 heavy (non-hydrogen) atoms. The Morgan fingerprint density at radius 3 is 2.22 bits per heavy atom. The molecule has 1 aliphatic heterocycles. The molecule has 0 amide bonds. The number of piperidine rings is 1. The van der Waals surface area contributed by atoms with Crippen LogP contribution in [0, 0.1) is 11.3 Å². The largest absolute Gasteiger partial charge is 0.317 e. The van der Waals surface area contributed by atoms with Crippen molar-refractivity contribution < 1.29 is 0 Å². The molecule has 108 valence electrons. The minimum atomic E-state index is 0.270. The van der Waals surface area contributed by atoms with Gasteiger partial charge in [0, 0.05) is 5.54 Å². The average Bonchev–Trinajstić information content (AvgIpc) is 2.23. The molecule has 2 nitrogen and oxygen atoms in total. The standard InChI is InChI=1S/C16H34N2/c1-15(2,3)13-16(4,5)18-10-6-7-14-8-11-17-12-9-14/h14,17-18H,6-13H2,1-5H3. The summed E-state index contributed by atoms with van der Waals surface area (Å²) in [5.74, 6) is 0.971. The van der Waals surface area contributed by atoms with Crippen molar-refractivity contribution in [1.29, 1.82) is 0 Å². The molecule has 0 bridgehead atoms. The monoisotopic (exact) mass is 254 g/mol. The third kappa shape index (κ3) is 7.38. The van der Waals surface area contributed by atoms with Crippen LogP contribution >= 0.6 is 0 Å². The first-order valence-electron chi connectivity index (χ1n) is 7.74. The Balaban J connectivity index is 2.12. The van der Waals surface area contributed by atoms with Crippen molar-refractivity contribution in [2.75, 3.05) is 19.6 Å². The highest BCUT2D eigenvalue weighted by molar-refractivity contribution is 4.83. The Bertz CT molecular complexity index is 222. The Labute approximate surface area is 114 Å². The normalized spacial score (nSPS) is 19.2. The first-order valence-corrected chi connectivity index (χ1v) is 7.74. The van der Waals surface area contributed by atoms with Gasteiger partial charge in [-0.1, -0.05) is 20.8 Å². The molecule has 0 aromatic rings. The molecule has 2 heteroatoms. The summed E-state index contributed by atoms with van der Waals surface area (Å²) in [4.78, 5) is 0. The first kappa shape index (κ1) is 16.0. The summed E-state index contributed by atoms with van der Waals surface area (Å²) >= 11 is 0. The van der Waals surface area contributed by atoms with E-state index >= 15 is 0 Å². The van der Waals surface area contributed by atoms with Gasteiger partial charge in [-0.3, -0.25) is 0 Å². The minimum Gasteiger partial charge on any atom is -0.317 e. The Morgan fingerprint density at radius 2 is 1.67 bits per heavy atom. The van der Waals surface area contributed by atoms with Gasteiger partial charge >= 0.3 is 0 Å². The average molecular weight is 254 g/mol. The van der Waals surface area contributed by atoms with Crippen molar-refractivity contribution >= 4 is 0 Å². The van der Waals surface area contributed by atoms with Gasteiger partial charge in [-0.05, 0) is 76.9 Å². The van der Waals surface area contributed by atoms with E-state index in [2.05, 4.69) is 45.3 Å². The van der Waals surface area contributed by atoms with Gasteiger partial charge in [0.1, 0.15) is 0 Å². The molecule has 1 aliphatic rings. The predicted octanol–water partition coefficient (Wildman–Crippen LogP) is 3.57. The van der Waals surface area contributed by atoms with Crippen LogP contribution in [0.5, 0.6) is 0 Å². The van der Waals surface area contributed by atoms with Gasteiger partial charge in [0.2, 0.25) is 0 Å². The van der Waals surface area contributed by atoms with E-state index in [4.69, 9.17) is 0 Å². The lowest BCUT2D eigenvalue weighted by atomic mass is 9.81. The van der Waals surface area contributed by atoms with Gasteiger partial charge in [-0.25, -0.2) is 0 Å². The molecule has 0 spiro atoms. The molecule has 1 rings (SSSR count). The van der Waals surface area contributed by atoms with Crippen molar-refractivity contribution in [2.24, 2.45) is 11.3 Å². The van der Waals surface area contributed by atoms with Gasteiger partial charge in [-0.2, -0.15) is 0 Å². The highest BCUT2D eigenvalue weighted by Gasteiger charge is 2.24. The summed E-state index contributed by atoms with van der Waals surface area (Å²) in [6, 6.07) is 0. The van der Waals surface area contributed by atoms with E-state index < -0.39 is 0 Å². The fraction of sp³-hybridized carbons (Fsp3) is 1.00. The lowest BCUT2D eigenvalue weighted by Crippen LogP contribution is -2.42. The molecule has 1 saturated heterocycles. The van der Waals surface area contributed by atoms with Crippen LogP contribution in [-0.2, 0) is 0 Å². The molecular weight excluding hydrogens is 220 g/mol. The van der Waals surface area contributed by atoms with E-state index in [0.717, 1.165) is 5.92 Å². The van der Waals surface area contributed by atoms with Gasteiger partial charge in [0.05, 0.1) is 0 Å². The second kappa shape index (κ2) is 6.91. The molecule has 0 aliphatic carbocycles.